The number of rotatable bonds is 6. The van der Waals surface area contributed by atoms with Crippen molar-refractivity contribution in [1.82, 2.24) is 29.6 Å². The van der Waals surface area contributed by atoms with Crippen LogP contribution >= 0.6 is 0 Å². The maximum Gasteiger partial charge on any atom is 0.249 e. The lowest BCUT2D eigenvalue weighted by molar-refractivity contribution is 0.280. The van der Waals surface area contributed by atoms with E-state index in [2.05, 4.69) is 35.7 Å². The minimum absolute atomic E-state index is 0.497. The van der Waals surface area contributed by atoms with Gasteiger partial charge < -0.3 is 8.98 Å². The lowest BCUT2D eigenvalue weighted by Crippen LogP contribution is -2.22. The summed E-state index contributed by atoms with van der Waals surface area (Å²) in [5.41, 5.74) is 2.99. The van der Waals surface area contributed by atoms with E-state index in [0.29, 0.717) is 18.3 Å². The number of nitrogens with zero attached hydrogens (tertiary/aromatic N) is 6. The first-order chi connectivity index (χ1) is 12.3. The molecule has 0 unspecified atom stereocenters. The van der Waals surface area contributed by atoms with Gasteiger partial charge in [-0.25, -0.2) is 4.98 Å². The van der Waals surface area contributed by atoms with Crippen molar-refractivity contribution >= 4 is 11.0 Å². The molecule has 0 bridgehead atoms. The number of imidazole rings is 1. The molecule has 0 aliphatic rings. The van der Waals surface area contributed by atoms with Gasteiger partial charge in [0, 0.05) is 25.5 Å². The van der Waals surface area contributed by atoms with Crippen LogP contribution < -0.4 is 0 Å². The number of hydrogen-bond acceptors (Lipinski definition) is 6. The van der Waals surface area contributed by atoms with Gasteiger partial charge in [-0.2, -0.15) is 0 Å². The molecule has 126 valence electrons. The Kier molecular flexibility index (Phi) is 4.22. The molecule has 0 N–H and O–H groups in total. The number of fused-ring (bicyclic) bond motifs is 1. The van der Waals surface area contributed by atoms with Crippen molar-refractivity contribution in [2.24, 2.45) is 0 Å². The van der Waals surface area contributed by atoms with Gasteiger partial charge in [-0.1, -0.05) is 12.1 Å². The summed E-state index contributed by atoms with van der Waals surface area (Å²) in [4.78, 5) is 10.6. The van der Waals surface area contributed by atoms with Gasteiger partial charge in [0.15, 0.2) is 0 Å². The number of aromatic nitrogens is 5. The average molecular weight is 334 g/mol. The Labute approximate surface area is 145 Å². The average Bonchev–Trinajstić information content (AvgIpc) is 3.28. The summed E-state index contributed by atoms with van der Waals surface area (Å²) in [6, 6.07) is 11.9. The van der Waals surface area contributed by atoms with Crippen LogP contribution in [-0.4, -0.2) is 43.2 Å². The Bertz CT molecular complexity index is 962. The predicted octanol–water partition coefficient (Wildman–Crippen LogP) is 2.61. The van der Waals surface area contributed by atoms with Crippen molar-refractivity contribution in [3.8, 4) is 11.5 Å². The summed E-state index contributed by atoms with van der Waals surface area (Å²) < 4.78 is 7.88. The zero-order chi connectivity index (χ0) is 17.1. The van der Waals surface area contributed by atoms with Crippen LogP contribution in [0, 0.1) is 0 Å². The molecular formula is C18H18N6O. The molecule has 3 heterocycles. The van der Waals surface area contributed by atoms with Crippen LogP contribution in [-0.2, 0) is 13.1 Å². The maximum absolute atomic E-state index is 5.72. The molecule has 7 nitrogen and oxygen atoms in total. The van der Waals surface area contributed by atoms with Crippen LogP contribution in [0.5, 0.6) is 0 Å². The second-order valence-electron chi connectivity index (χ2n) is 5.91. The van der Waals surface area contributed by atoms with Gasteiger partial charge in [-0.3, -0.25) is 9.88 Å². The molecule has 0 spiro atoms. The van der Waals surface area contributed by atoms with E-state index in [-0.39, 0.29) is 0 Å². The number of likely N-dealkylation sites (N-methyl/N-ethyl adjacent to an activating group) is 1. The molecule has 0 fully saturated rings. The Balaban J connectivity index is 1.38. The van der Waals surface area contributed by atoms with Gasteiger partial charge in [0.25, 0.3) is 0 Å². The maximum atomic E-state index is 5.72. The molecule has 0 radical (unpaired) electrons. The smallest absolute Gasteiger partial charge is 0.249 e. The van der Waals surface area contributed by atoms with E-state index in [0.717, 1.165) is 29.7 Å². The molecule has 0 saturated heterocycles. The highest BCUT2D eigenvalue weighted by Crippen LogP contribution is 2.16. The van der Waals surface area contributed by atoms with E-state index in [1.54, 1.807) is 12.4 Å². The van der Waals surface area contributed by atoms with E-state index in [4.69, 9.17) is 4.42 Å². The molecule has 0 amide bonds. The summed E-state index contributed by atoms with van der Waals surface area (Å²) in [5.74, 6) is 1.09. The van der Waals surface area contributed by atoms with Gasteiger partial charge in [-0.15, -0.1) is 10.2 Å². The number of para-hydroxylation sites is 2. The second-order valence-corrected chi connectivity index (χ2v) is 5.91. The molecule has 0 saturated carbocycles. The van der Waals surface area contributed by atoms with Crippen LogP contribution in [0.25, 0.3) is 22.5 Å². The molecule has 0 aliphatic heterocycles. The van der Waals surface area contributed by atoms with Crippen molar-refractivity contribution in [2.75, 3.05) is 13.6 Å². The molecule has 4 rings (SSSR count). The Morgan fingerprint density at radius 2 is 2.04 bits per heavy atom. The van der Waals surface area contributed by atoms with Crippen molar-refractivity contribution in [3.05, 3.63) is 61.0 Å². The van der Waals surface area contributed by atoms with E-state index in [1.807, 2.05) is 43.7 Å². The fourth-order valence-corrected chi connectivity index (χ4v) is 2.70. The van der Waals surface area contributed by atoms with Crippen molar-refractivity contribution < 1.29 is 4.42 Å². The largest absolute Gasteiger partial charge is 0.419 e. The monoisotopic (exact) mass is 334 g/mol. The zero-order valence-corrected chi connectivity index (χ0v) is 13.9. The minimum atomic E-state index is 0.497. The number of hydrogen-bond donors (Lipinski definition) is 0. The van der Waals surface area contributed by atoms with E-state index in [1.165, 1.54) is 0 Å². The van der Waals surface area contributed by atoms with Crippen molar-refractivity contribution in [3.63, 3.8) is 0 Å². The minimum Gasteiger partial charge on any atom is -0.419 e. The quantitative estimate of drug-likeness (QED) is 0.540. The molecule has 0 aliphatic carbocycles. The fourth-order valence-electron chi connectivity index (χ4n) is 2.70. The van der Waals surface area contributed by atoms with Crippen LogP contribution in [0.15, 0.2) is 59.5 Å². The second kappa shape index (κ2) is 6.82. The topological polar surface area (TPSA) is 72.9 Å². The van der Waals surface area contributed by atoms with E-state index in [9.17, 15) is 0 Å². The van der Waals surface area contributed by atoms with Gasteiger partial charge in [0.2, 0.25) is 11.8 Å². The SMILES string of the molecule is CN(CCn1cnc2ccccc21)Cc1nnc(-c2cccnc2)o1. The van der Waals surface area contributed by atoms with Gasteiger partial charge in [0.05, 0.1) is 29.5 Å². The zero-order valence-electron chi connectivity index (χ0n) is 13.9. The first-order valence-corrected chi connectivity index (χ1v) is 8.11. The highest BCUT2D eigenvalue weighted by Gasteiger charge is 2.11. The molecule has 1 aromatic carbocycles. The third-order valence-corrected chi connectivity index (χ3v) is 4.03. The third-order valence-electron chi connectivity index (χ3n) is 4.03. The Morgan fingerprint density at radius 1 is 1.12 bits per heavy atom. The molecule has 7 heteroatoms. The standard InChI is InChI=1S/C18H18N6O/c1-23(9-10-24-13-20-15-6-2-3-7-16(15)24)12-17-21-22-18(25-17)14-5-4-8-19-11-14/h2-8,11,13H,9-10,12H2,1H3. The Morgan fingerprint density at radius 3 is 2.92 bits per heavy atom. The fraction of sp³-hybridized carbons (Fsp3) is 0.222. The normalized spacial score (nSPS) is 11.4. The van der Waals surface area contributed by atoms with Gasteiger partial charge in [-0.05, 0) is 31.3 Å². The molecule has 25 heavy (non-hydrogen) atoms. The molecule has 0 atom stereocenters. The molecule has 3 aromatic heterocycles. The van der Waals surface area contributed by atoms with Crippen LogP contribution in [0.4, 0.5) is 0 Å². The van der Waals surface area contributed by atoms with Crippen LogP contribution in [0.1, 0.15) is 5.89 Å². The van der Waals surface area contributed by atoms with Crippen LogP contribution in [0.3, 0.4) is 0 Å². The summed E-state index contributed by atoms with van der Waals surface area (Å²) >= 11 is 0. The van der Waals surface area contributed by atoms with E-state index < -0.39 is 0 Å². The van der Waals surface area contributed by atoms with Crippen LogP contribution in [0.2, 0.25) is 0 Å². The van der Waals surface area contributed by atoms with Crippen molar-refractivity contribution in [2.45, 2.75) is 13.1 Å². The lowest BCUT2D eigenvalue weighted by atomic mass is 10.3. The first-order valence-electron chi connectivity index (χ1n) is 8.11. The highest BCUT2D eigenvalue weighted by atomic mass is 16.4. The first kappa shape index (κ1) is 15.5. The lowest BCUT2D eigenvalue weighted by Gasteiger charge is -2.14. The summed E-state index contributed by atoms with van der Waals surface area (Å²) in [6.45, 7) is 2.30. The highest BCUT2D eigenvalue weighted by molar-refractivity contribution is 5.74. The van der Waals surface area contributed by atoms with E-state index >= 15 is 0 Å². The van der Waals surface area contributed by atoms with Crippen molar-refractivity contribution in [1.29, 1.82) is 0 Å². The molecule has 4 aromatic rings. The number of pyridine rings is 1. The summed E-state index contributed by atoms with van der Waals surface area (Å²) in [5, 5.41) is 8.21. The Hall–Kier alpha value is -3.06. The summed E-state index contributed by atoms with van der Waals surface area (Å²) in [7, 11) is 2.03. The van der Waals surface area contributed by atoms with Gasteiger partial charge in [0.1, 0.15) is 0 Å². The number of benzene rings is 1. The molecular weight excluding hydrogens is 316 g/mol. The van der Waals surface area contributed by atoms with Gasteiger partial charge >= 0.3 is 0 Å². The summed E-state index contributed by atoms with van der Waals surface area (Å²) in [6.07, 6.45) is 5.31. The predicted molar refractivity (Wildman–Crippen MR) is 93.6 cm³/mol. The third kappa shape index (κ3) is 3.41.